The Bertz CT molecular complexity index is 2880. The normalized spacial score (nSPS) is 11.3. The summed E-state index contributed by atoms with van der Waals surface area (Å²) in [6, 6.07) is 69.5. The van der Waals surface area contributed by atoms with Crippen molar-refractivity contribution in [3.63, 3.8) is 0 Å². The fraction of sp³-hybridized carbons (Fsp3) is 0. The quantitative estimate of drug-likeness (QED) is 0.166. The second-order valence-electron chi connectivity index (χ2n) is 13.6. The first-order valence-corrected chi connectivity index (χ1v) is 18.4. The van der Waals surface area contributed by atoms with E-state index in [0.29, 0.717) is 17.5 Å². The maximum absolute atomic E-state index is 6.41. The molecule has 0 amide bonds. The van der Waals surface area contributed by atoms with Gasteiger partial charge in [-0.25, -0.2) is 15.0 Å². The van der Waals surface area contributed by atoms with Gasteiger partial charge in [-0.15, -0.1) is 0 Å². The predicted octanol–water partition coefficient (Wildman–Crippen LogP) is 13.4. The van der Waals surface area contributed by atoms with Crippen LogP contribution in [0.4, 0.5) is 0 Å². The van der Waals surface area contributed by atoms with Gasteiger partial charge in [-0.3, -0.25) is 0 Å². The molecular weight excluding hydrogens is 671 g/mol. The van der Waals surface area contributed by atoms with E-state index in [1.165, 1.54) is 33.4 Å². The van der Waals surface area contributed by atoms with Crippen molar-refractivity contribution in [2.75, 3.05) is 0 Å². The third-order valence-corrected chi connectivity index (χ3v) is 10.2. The number of furan rings is 1. The van der Waals surface area contributed by atoms with Gasteiger partial charge in [0.2, 0.25) is 0 Å². The number of rotatable bonds is 7. The van der Waals surface area contributed by atoms with E-state index in [1.807, 2.05) is 60.7 Å². The average molecular weight is 704 g/mol. The average Bonchev–Trinajstić information content (AvgIpc) is 3.66. The van der Waals surface area contributed by atoms with Crippen molar-refractivity contribution >= 4 is 21.9 Å². The molecule has 0 saturated heterocycles. The largest absolute Gasteiger partial charge is 0.455 e. The van der Waals surface area contributed by atoms with E-state index in [0.717, 1.165) is 49.8 Å². The molecule has 2 heterocycles. The monoisotopic (exact) mass is 703 g/mol. The van der Waals surface area contributed by atoms with Crippen LogP contribution in [-0.4, -0.2) is 15.0 Å². The van der Waals surface area contributed by atoms with Gasteiger partial charge in [0.15, 0.2) is 17.5 Å². The Morgan fingerprint density at radius 3 is 1.35 bits per heavy atom. The second-order valence-corrected chi connectivity index (χ2v) is 13.6. The van der Waals surface area contributed by atoms with Crippen molar-refractivity contribution in [3.8, 4) is 78.7 Å². The topological polar surface area (TPSA) is 51.8 Å². The molecule has 0 fully saturated rings. The zero-order chi connectivity index (χ0) is 36.6. The molecule has 0 spiro atoms. The molecule has 4 heteroatoms. The van der Waals surface area contributed by atoms with Crippen LogP contribution < -0.4 is 0 Å². The number of benzene rings is 8. The predicted molar refractivity (Wildman–Crippen MR) is 225 cm³/mol. The number of hydrogen-bond acceptors (Lipinski definition) is 4. The highest BCUT2D eigenvalue weighted by Crippen LogP contribution is 2.43. The van der Waals surface area contributed by atoms with Crippen LogP contribution in [0.1, 0.15) is 0 Å². The smallest absolute Gasteiger partial charge is 0.167 e. The minimum Gasteiger partial charge on any atom is -0.455 e. The molecular formula is C51H33N3O. The molecule has 0 aliphatic carbocycles. The Labute approximate surface area is 319 Å². The minimum absolute atomic E-state index is 0.564. The molecule has 0 saturated carbocycles. The Balaban J connectivity index is 1.12. The van der Waals surface area contributed by atoms with Crippen LogP contribution in [0.5, 0.6) is 0 Å². The summed E-state index contributed by atoms with van der Waals surface area (Å²) in [5.41, 5.74) is 13.6. The highest BCUT2D eigenvalue weighted by atomic mass is 16.3. The van der Waals surface area contributed by atoms with Crippen LogP contribution in [0.15, 0.2) is 205 Å². The van der Waals surface area contributed by atoms with Crippen LogP contribution in [0, 0.1) is 0 Å². The molecule has 4 nitrogen and oxygen atoms in total. The maximum atomic E-state index is 6.41. The molecule has 0 bridgehead atoms. The lowest BCUT2D eigenvalue weighted by Gasteiger charge is -2.19. The molecule has 258 valence electrons. The van der Waals surface area contributed by atoms with Crippen molar-refractivity contribution in [1.82, 2.24) is 15.0 Å². The van der Waals surface area contributed by atoms with Gasteiger partial charge in [0, 0.05) is 21.9 Å². The summed E-state index contributed by atoms with van der Waals surface area (Å²) in [4.78, 5) is 15.1. The third-order valence-electron chi connectivity index (χ3n) is 10.2. The van der Waals surface area contributed by atoms with Crippen molar-refractivity contribution in [2.45, 2.75) is 0 Å². The molecule has 0 aliphatic rings. The van der Waals surface area contributed by atoms with E-state index in [4.69, 9.17) is 19.4 Å². The van der Waals surface area contributed by atoms with E-state index >= 15 is 0 Å². The fourth-order valence-electron chi connectivity index (χ4n) is 7.49. The van der Waals surface area contributed by atoms with Gasteiger partial charge in [-0.1, -0.05) is 176 Å². The second kappa shape index (κ2) is 13.8. The van der Waals surface area contributed by atoms with Crippen LogP contribution in [0.3, 0.4) is 0 Å². The molecule has 10 rings (SSSR count). The number of nitrogens with zero attached hydrogens (tertiary/aromatic N) is 3. The summed E-state index contributed by atoms with van der Waals surface area (Å²) in [5.74, 6) is 1.77. The van der Waals surface area contributed by atoms with E-state index in [2.05, 4.69) is 140 Å². The number of aromatic nitrogens is 3. The van der Waals surface area contributed by atoms with E-state index in [9.17, 15) is 0 Å². The molecule has 10 aromatic rings. The zero-order valence-corrected chi connectivity index (χ0v) is 29.8. The van der Waals surface area contributed by atoms with Crippen LogP contribution in [-0.2, 0) is 0 Å². The molecule has 2 aromatic heterocycles. The maximum Gasteiger partial charge on any atom is 0.167 e. The summed E-state index contributed by atoms with van der Waals surface area (Å²) in [6.07, 6.45) is 0. The summed E-state index contributed by atoms with van der Waals surface area (Å²) < 4.78 is 6.41. The van der Waals surface area contributed by atoms with Crippen molar-refractivity contribution in [2.24, 2.45) is 0 Å². The van der Waals surface area contributed by atoms with E-state index in [1.54, 1.807) is 0 Å². The lowest BCUT2D eigenvalue weighted by Crippen LogP contribution is -2.00. The highest BCUT2D eigenvalue weighted by Gasteiger charge is 2.19. The molecule has 55 heavy (non-hydrogen) atoms. The number of hydrogen-bond donors (Lipinski definition) is 0. The van der Waals surface area contributed by atoms with E-state index in [-0.39, 0.29) is 0 Å². The first kappa shape index (κ1) is 32.2. The minimum atomic E-state index is 0.564. The van der Waals surface area contributed by atoms with Gasteiger partial charge in [-0.2, -0.15) is 0 Å². The van der Waals surface area contributed by atoms with Crippen molar-refractivity contribution < 1.29 is 4.42 Å². The lowest BCUT2D eigenvalue weighted by atomic mass is 9.84. The Morgan fingerprint density at radius 1 is 0.291 bits per heavy atom. The summed E-state index contributed by atoms with van der Waals surface area (Å²) >= 11 is 0. The summed E-state index contributed by atoms with van der Waals surface area (Å²) in [6.45, 7) is 0. The fourth-order valence-corrected chi connectivity index (χ4v) is 7.49. The van der Waals surface area contributed by atoms with Gasteiger partial charge in [0.05, 0.1) is 5.56 Å². The number of fused-ring (bicyclic) bond motifs is 3. The van der Waals surface area contributed by atoms with Crippen LogP contribution >= 0.6 is 0 Å². The van der Waals surface area contributed by atoms with Crippen molar-refractivity contribution in [1.29, 1.82) is 0 Å². The van der Waals surface area contributed by atoms with Gasteiger partial charge in [0.1, 0.15) is 11.2 Å². The van der Waals surface area contributed by atoms with E-state index < -0.39 is 0 Å². The Hall–Kier alpha value is -7.43. The molecule has 0 radical (unpaired) electrons. The third kappa shape index (κ3) is 6.06. The number of para-hydroxylation sites is 2. The molecule has 0 aliphatic heterocycles. The first-order chi connectivity index (χ1) is 27.3. The van der Waals surface area contributed by atoms with Crippen LogP contribution in [0.2, 0.25) is 0 Å². The van der Waals surface area contributed by atoms with Gasteiger partial charge < -0.3 is 4.42 Å². The van der Waals surface area contributed by atoms with Gasteiger partial charge >= 0.3 is 0 Å². The molecule has 0 unspecified atom stereocenters. The van der Waals surface area contributed by atoms with Gasteiger partial charge in [0.25, 0.3) is 0 Å². The standard InChI is InChI=1S/C51H33N3O/c1-5-16-35(17-6-1)44-32-40(33-45(36-18-7-2-8-19-36)47(44)37-20-9-3-10-21-37)34-28-30-39(31-29-34)50-52-49(38-22-11-4-12-23-38)53-51(54-50)43-26-15-25-42-41-24-13-14-27-46(41)55-48(42)43/h1-33H. The summed E-state index contributed by atoms with van der Waals surface area (Å²) in [5, 5.41) is 2.10. The lowest BCUT2D eigenvalue weighted by molar-refractivity contribution is 0.669. The molecule has 0 atom stereocenters. The first-order valence-electron chi connectivity index (χ1n) is 18.4. The SMILES string of the molecule is c1ccc(-c2nc(-c3ccc(-c4cc(-c5ccccc5)c(-c5ccccc5)c(-c5ccccc5)c4)cc3)nc(-c3cccc4c3oc3ccccc34)n2)cc1. The van der Waals surface area contributed by atoms with Crippen LogP contribution in [0.25, 0.3) is 101 Å². The van der Waals surface area contributed by atoms with Gasteiger partial charge in [-0.05, 0) is 68.8 Å². The zero-order valence-electron chi connectivity index (χ0n) is 29.8. The molecule has 8 aromatic carbocycles. The van der Waals surface area contributed by atoms with Crippen molar-refractivity contribution in [3.05, 3.63) is 200 Å². The Morgan fingerprint density at radius 2 is 0.745 bits per heavy atom. The highest BCUT2D eigenvalue weighted by molar-refractivity contribution is 6.09. The molecule has 0 N–H and O–H groups in total. The summed E-state index contributed by atoms with van der Waals surface area (Å²) in [7, 11) is 0. The Kier molecular flexibility index (Phi) is 8.12.